The van der Waals surface area contributed by atoms with Gasteiger partial charge < -0.3 is 14.5 Å². The Hall–Kier alpha value is -3.08. The quantitative estimate of drug-likeness (QED) is 0.180. The summed E-state index contributed by atoms with van der Waals surface area (Å²) in [7, 11) is 0. The average Bonchev–Trinajstić information content (AvgIpc) is 3.12. The van der Waals surface area contributed by atoms with Gasteiger partial charge in [-0.2, -0.15) is 0 Å². The summed E-state index contributed by atoms with van der Waals surface area (Å²) < 4.78 is 18.9. The van der Waals surface area contributed by atoms with Gasteiger partial charge in [-0.05, 0) is 55.9 Å². The number of ketones is 1. The van der Waals surface area contributed by atoms with Crippen molar-refractivity contribution in [2.24, 2.45) is 0 Å². The van der Waals surface area contributed by atoms with Crippen molar-refractivity contribution >= 4 is 16.8 Å². The maximum absolute atomic E-state index is 13.0. The Balaban J connectivity index is 0.000000350. The Kier molecular flexibility index (Phi) is 8.22. The Labute approximate surface area is 187 Å². The number of hydrogen-bond acceptors (Lipinski definition) is 4. The second kappa shape index (κ2) is 10.6. The van der Waals surface area contributed by atoms with Crippen LogP contribution < -0.4 is 0 Å². The van der Waals surface area contributed by atoms with Crippen molar-refractivity contribution < 1.29 is 38.8 Å². The van der Waals surface area contributed by atoms with Crippen LogP contribution in [0.25, 0.3) is 33.6 Å². The first-order valence-corrected chi connectivity index (χ1v) is 8.93. The Morgan fingerprint density at radius 2 is 1.87 bits per heavy atom. The molecule has 0 aliphatic carbocycles. The van der Waals surface area contributed by atoms with Crippen molar-refractivity contribution in [1.29, 1.82) is 0 Å². The number of pyridine rings is 1. The van der Waals surface area contributed by atoms with Crippen LogP contribution in [-0.4, -0.2) is 15.9 Å². The number of benzene rings is 2. The minimum Gasteiger partial charge on any atom is -0.512 e. The normalized spacial score (nSPS) is 10.7. The molecule has 0 amide bonds. The van der Waals surface area contributed by atoms with Crippen molar-refractivity contribution in [3.05, 3.63) is 90.6 Å². The summed E-state index contributed by atoms with van der Waals surface area (Å²) in [4.78, 5) is 14.5. The summed E-state index contributed by atoms with van der Waals surface area (Å²) in [5, 5.41) is 9.28. The predicted molar refractivity (Wildman–Crippen MR) is 111 cm³/mol. The molecule has 0 aliphatic rings. The third-order valence-corrected chi connectivity index (χ3v) is 3.93. The summed E-state index contributed by atoms with van der Waals surface area (Å²) in [6, 6.07) is 20.9. The minimum atomic E-state index is -0.261. The van der Waals surface area contributed by atoms with Crippen LogP contribution in [0.5, 0.6) is 0 Å². The van der Waals surface area contributed by atoms with Crippen molar-refractivity contribution in [2.75, 3.05) is 0 Å². The van der Waals surface area contributed by atoms with E-state index in [2.05, 4.69) is 11.1 Å². The van der Waals surface area contributed by atoms with Gasteiger partial charge in [0.15, 0.2) is 5.78 Å². The van der Waals surface area contributed by atoms with Crippen LogP contribution in [0.1, 0.15) is 13.8 Å². The molecular weight excluding hydrogens is 561 g/mol. The molecule has 4 rings (SSSR count). The second-order valence-corrected chi connectivity index (χ2v) is 6.40. The zero-order valence-corrected chi connectivity index (χ0v) is 18.7. The van der Waals surface area contributed by atoms with Crippen LogP contribution in [-0.2, 0) is 24.9 Å². The number of halogens is 1. The third-order valence-electron chi connectivity index (χ3n) is 3.93. The fourth-order valence-corrected chi connectivity index (χ4v) is 2.68. The predicted octanol–water partition coefficient (Wildman–Crippen LogP) is 6.14. The van der Waals surface area contributed by atoms with Crippen LogP contribution in [0.15, 0.2) is 83.1 Å². The van der Waals surface area contributed by atoms with E-state index >= 15 is 0 Å². The molecule has 0 saturated carbocycles. The molecule has 2 aromatic carbocycles. The van der Waals surface area contributed by atoms with Gasteiger partial charge in [0, 0.05) is 43.3 Å². The van der Waals surface area contributed by atoms with Gasteiger partial charge in [-0.3, -0.25) is 4.79 Å². The molecule has 30 heavy (non-hydrogen) atoms. The SMILES string of the molecule is CC(=O)/C=C(/C)O.Fc1ccc(-c2cc3cnc(-c4[c-]cccc4)cc3o2)cc1.[Ir]. The third kappa shape index (κ3) is 6.21. The van der Waals surface area contributed by atoms with E-state index in [0.29, 0.717) is 5.76 Å². The number of aliphatic hydroxyl groups is 1. The Morgan fingerprint density at radius 3 is 2.43 bits per heavy atom. The number of hydrogen-bond donors (Lipinski definition) is 1. The van der Waals surface area contributed by atoms with Crippen molar-refractivity contribution in [1.82, 2.24) is 4.98 Å². The molecule has 0 unspecified atom stereocenters. The van der Waals surface area contributed by atoms with Crippen molar-refractivity contribution in [2.45, 2.75) is 13.8 Å². The molecule has 4 aromatic rings. The smallest absolute Gasteiger partial charge is 0.155 e. The number of nitrogens with zero attached hydrogens (tertiary/aromatic N) is 1. The van der Waals surface area contributed by atoms with Gasteiger partial charge in [-0.25, -0.2) is 4.39 Å². The number of furan rings is 1. The van der Waals surface area contributed by atoms with Crippen LogP contribution in [0.4, 0.5) is 4.39 Å². The summed E-state index contributed by atoms with van der Waals surface area (Å²) >= 11 is 0. The molecule has 2 heterocycles. The first-order chi connectivity index (χ1) is 13.9. The molecule has 4 nitrogen and oxygen atoms in total. The summed E-state index contributed by atoms with van der Waals surface area (Å²) in [5.41, 5.74) is 3.32. The second-order valence-electron chi connectivity index (χ2n) is 6.40. The van der Waals surface area contributed by atoms with E-state index < -0.39 is 0 Å². The van der Waals surface area contributed by atoms with Crippen LogP contribution >= 0.6 is 0 Å². The molecule has 0 saturated heterocycles. The van der Waals surface area contributed by atoms with Gasteiger partial charge >= 0.3 is 0 Å². The maximum atomic E-state index is 13.0. The van der Waals surface area contributed by atoms with Crippen LogP contribution in [0.2, 0.25) is 0 Å². The molecule has 1 N–H and O–H groups in total. The molecule has 0 fully saturated rings. The zero-order chi connectivity index (χ0) is 20.8. The number of rotatable bonds is 3. The molecule has 0 atom stereocenters. The van der Waals surface area contributed by atoms with Crippen molar-refractivity contribution in [3.8, 4) is 22.6 Å². The Morgan fingerprint density at radius 1 is 1.13 bits per heavy atom. The topological polar surface area (TPSA) is 63.3 Å². The van der Waals surface area contributed by atoms with E-state index in [4.69, 9.17) is 9.52 Å². The van der Waals surface area contributed by atoms with E-state index in [-0.39, 0.29) is 37.5 Å². The van der Waals surface area contributed by atoms with Gasteiger partial charge in [-0.15, -0.1) is 35.9 Å². The molecule has 1 radical (unpaired) electrons. The van der Waals surface area contributed by atoms with Crippen molar-refractivity contribution in [3.63, 3.8) is 0 Å². The zero-order valence-electron chi connectivity index (χ0n) is 16.4. The molecule has 0 spiro atoms. The standard InChI is InChI=1S/C19H11FNO.C5H8O2.Ir/c20-16-8-6-14(7-9-16)18-10-15-12-21-17(11-19(15)22-18)13-4-2-1-3-5-13;1-4(6)3-5(2)7;/h1-4,6-12H;3,6H,1-2H3;/q-1;;/b;4-3-;. The first-order valence-electron chi connectivity index (χ1n) is 8.93. The van der Waals surface area contributed by atoms with E-state index in [9.17, 15) is 9.18 Å². The van der Waals surface area contributed by atoms with Gasteiger partial charge in [0.25, 0.3) is 0 Å². The van der Waals surface area contributed by atoms with E-state index in [1.54, 1.807) is 18.3 Å². The fraction of sp³-hybridized carbons (Fsp3) is 0.0833. The average molecular weight is 581 g/mol. The van der Waals surface area contributed by atoms with E-state index in [1.165, 1.54) is 32.1 Å². The van der Waals surface area contributed by atoms with E-state index in [0.717, 1.165) is 27.8 Å². The van der Waals surface area contributed by atoms with Crippen LogP contribution in [0, 0.1) is 11.9 Å². The van der Waals surface area contributed by atoms with Gasteiger partial charge in [0.1, 0.15) is 17.2 Å². The van der Waals surface area contributed by atoms with Crippen LogP contribution in [0.3, 0.4) is 0 Å². The number of aliphatic hydroxyl groups excluding tert-OH is 1. The number of carbonyl (C=O) groups excluding carboxylic acids is 1. The van der Waals surface area contributed by atoms with Gasteiger partial charge in [-0.1, -0.05) is 0 Å². The fourth-order valence-electron chi connectivity index (χ4n) is 2.68. The summed E-state index contributed by atoms with van der Waals surface area (Å²) in [6.07, 6.45) is 2.95. The largest absolute Gasteiger partial charge is 0.512 e. The van der Waals surface area contributed by atoms with E-state index in [1.807, 2.05) is 36.4 Å². The minimum absolute atomic E-state index is 0. The van der Waals surface area contributed by atoms with Gasteiger partial charge in [0.05, 0.1) is 5.76 Å². The molecule has 2 aromatic heterocycles. The first kappa shape index (κ1) is 23.2. The number of aromatic nitrogens is 1. The number of allylic oxidation sites excluding steroid dienone is 2. The molecule has 6 heteroatoms. The summed E-state index contributed by atoms with van der Waals surface area (Å²) in [5.74, 6) is 0.377. The molecule has 155 valence electrons. The summed E-state index contributed by atoms with van der Waals surface area (Å²) in [6.45, 7) is 2.85. The maximum Gasteiger partial charge on any atom is 0.155 e. The molecule has 0 bridgehead atoms. The van der Waals surface area contributed by atoms with Gasteiger partial charge in [0.2, 0.25) is 0 Å². The Bertz CT molecular complexity index is 1150. The monoisotopic (exact) mass is 581 g/mol. The molecule has 0 aliphatic heterocycles. The number of fused-ring (bicyclic) bond motifs is 1. The number of carbonyl (C=O) groups is 1. The molecular formula is C24H19FIrNO3-.